The van der Waals surface area contributed by atoms with Gasteiger partial charge in [-0.1, -0.05) is 11.6 Å². The third-order valence-electron chi connectivity index (χ3n) is 2.82. The predicted octanol–water partition coefficient (Wildman–Crippen LogP) is 4.88. The lowest BCUT2D eigenvalue weighted by atomic mass is 10.3. The van der Waals surface area contributed by atoms with Crippen LogP contribution in [0.3, 0.4) is 0 Å². The SMILES string of the molecule is Cc1sc(Br)cc1S(=O)(=O)Nc1c(Cl)ccc2scnc12. The van der Waals surface area contributed by atoms with E-state index in [1.165, 1.54) is 22.7 Å². The van der Waals surface area contributed by atoms with Gasteiger partial charge in [0.15, 0.2) is 0 Å². The van der Waals surface area contributed by atoms with E-state index in [4.69, 9.17) is 11.6 Å². The van der Waals surface area contributed by atoms with E-state index in [0.29, 0.717) is 21.1 Å². The highest BCUT2D eigenvalue weighted by Crippen LogP contribution is 2.36. The second kappa shape index (κ2) is 5.51. The number of hydrogen-bond donors (Lipinski definition) is 1. The van der Waals surface area contributed by atoms with Crippen LogP contribution in [-0.4, -0.2) is 13.4 Å². The van der Waals surface area contributed by atoms with E-state index >= 15 is 0 Å². The Morgan fingerprint density at radius 3 is 2.81 bits per heavy atom. The Hall–Kier alpha value is -0.670. The van der Waals surface area contributed by atoms with E-state index in [-0.39, 0.29) is 4.90 Å². The number of thiazole rings is 1. The predicted molar refractivity (Wildman–Crippen MR) is 92.2 cm³/mol. The second-order valence-corrected chi connectivity index (χ2v) is 9.78. The maximum Gasteiger partial charge on any atom is 0.263 e. The molecule has 0 aliphatic heterocycles. The zero-order valence-corrected chi connectivity index (χ0v) is 15.3. The van der Waals surface area contributed by atoms with E-state index in [9.17, 15) is 8.42 Å². The van der Waals surface area contributed by atoms with Crippen LogP contribution in [0.1, 0.15) is 4.88 Å². The molecule has 1 aromatic carbocycles. The van der Waals surface area contributed by atoms with Crippen molar-refractivity contribution in [1.29, 1.82) is 0 Å². The topological polar surface area (TPSA) is 59.1 Å². The Bertz CT molecular complexity index is 933. The van der Waals surface area contributed by atoms with Gasteiger partial charge in [-0.2, -0.15) is 0 Å². The summed E-state index contributed by atoms with van der Waals surface area (Å²) in [6, 6.07) is 5.06. The number of fused-ring (bicyclic) bond motifs is 1. The van der Waals surface area contributed by atoms with Crippen molar-refractivity contribution in [2.75, 3.05) is 4.72 Å². The van der Waals surface area contributed by atoms with Gasteiger partial charge in [0.2, 0.25) is 0 Å². The van der Waals surface area contributed by atoms with Crippen molar-refractivity contribution in [2.24, 2.45) is 0 Å². The van der Waals surface area contributed by atoms with Crippen molar-refractivity contribution < 1.29 is 8.42 Å². The number of thiophene rings is 1. The van der Waals surface area contributed by atoms with Crippen molar-refractivity contribution in [3.05, 3.63) is 37.4 Å². The summed E-state index contributed by atoms with van der Waals surface area (Å²) < 4.78 is 29.3. The monoisotopic (exact) mass is 422 g/mol. The summed E-state index contributed by atoms with van der Waals surface area (Å²) in [4.78, 5) is 5.13. The van der Waals surface area contributed by atoms with Crippen molar-refractivity contribution in [3.63, 3.8) is 0 Å². The molecule has 0 unspecified atom stereocenters. The van der Waals surface area contributed by atoms with Gasteiger partial charge < -0.3 is 0 Å². The van der Waals surface area contributed by atoms with E-state index in [2.05, 4.69) is 25.6 Å². The first kappa shape index (κ1) is 15.2. The first-order valence-electron chi connectivity index (χ1n) is 5.69. The summed E-state index contributed by atoms with van der Waals surface area (Å²) in [5.41, 5.74) is 2.53. The van der Waals surface area contributed by atoms with E-state index in [1.807, 2.05) is 6.07 Å². The molecule has 0 spiro atoms. The van der Waals surface area contributed by atoms with Crippen molar-refractivity contribution in [1.82, 2.24) is 4.98 Å². The smallest absolute Gasteiger partial charge is 0.263 e. The lowest BCUT2D eigenvalue weighted by Crippen LogP contribution is -2.13. The summed E-state index contributed by atoms with van der Waals surface area (Å²) in [7, 11) is -3.70. The van der Waals surface area contributed by atoms with Gasteiger partial charge in [-0.15, -0.1) is 22.7 Å². The van der Waals surface area contributed by atoms with Gasteiger partial charge in [-0.25, -0.2) is 13.4 Å². The highest BCUT2D eigenvalue weighted by molar-refractivity contribution is 9.11. The van der Waals surface area contributed by atoms with Crippen LogP contribution in [0.2, 0.25) is 5.02 Å². The number of halogens is 2. The molecule has 0 aliphatic rings. The number of anilines is 1. The maximum absolute atomic E-state index is 12.5. The molecule has 0 bridgehead atoms. The van der Waals surface area contributed by atoms with Gasteiger partial charge in [0.05, 0.1) is 24.7 Å². The molecule has 3 rings (SSSR count). The largest absolute Gasteiger partial charge is 0.276 e. The van der Waals surface area contributed by atoms with Crippen molar-refractivity contribution in [3.8, 4) is 0 Å². The van der Waals surface area contributed by atoms with Crippen LogP contribution in [0.25, 0.3) is 10.2 Å². The molecule has 0 aliphatic carbocycles. The number of benzene rings is 1. The Morgan fingerprint density at radius 1 is 1.38 bits per heavy atom. The van der Waals surface area contributed by atoms with Crippen molar-refractivity contribution >= 4 is 76.1 Å². The fraction of sp³-hybridized carbons (Fsp3) is 0.0833. The standard InChI is InChI=1S/C12H8BrClN2O2S3/c1-6-9(4-10(13)20-6)21(17,18)16-11-7(14)2-3-8-12(11)15-5-19-8/h2-5,16H,1H3. The van der Waals surface area contributed by atoms with Crippen LogP contribution in [0.5, 0.6) is 0 Å². The Morgan fingerprint density at radius 2 is 2.14 bits per heavy atom. The van der Waals surface area contributed by atoms with Gasteiger partial charge in [-0.3, -0.25) is 4.72 Å². The number of sulfonamides is 1. The summed E-state index contributed by atoms with van der Waals surface area (Å²) in [5.74, 6) is 0. The Balaban J connectivity index is 2.11. The second-order valence-electron chi connectivity index (χ2n) is 4.20. The van der Waals surface area contributed by atoms with E-state index in [1.54, 1.807) is 24.6 Å². The summed E-state index contributed by atoms with van der Waals surface area (Å²) >= 11 is 12.2. The average molecular weight is 424 g/mol. The highest BCUT2D eigenvalue weighted by atomic mass is 79.9. The first-order valence-corrected chi connectivity index (χ1v) is 10.0. The van der Waals surface area contributed by atoms with Crippen LogP contribution in [0, 0.1) is 6.92 Å². The molecule has 9 heteroatoms. The minimum Gasteiger partial charge on any atom is -0.276 e. The van der Waals surface area contributed by atoms with Gasteiger partial charge in [-0.05, 0) is 41.1 Å². The normalized spacial score (nSPS) is 12.0. The number of nitrogens with zero attached hydrogens (tertiary/aromatic N) is 1. The summed E-state index contributed by atoms with van der Waals surface area (Å²) in [6.45, 7) is 1.76. The molecule has 110 valence electrons. The van der Waals surface area contributed by atoms with Crippen LogP contribution >= 0.6 is 50.2 Å². The molecule has 2 aromatic heterocycles. The quantitative estimate of drug-likeness (QED) is 0.653. The maximum atomic E-state index is 12.5. The lowest BCUT2D eigenvalue weighted by molar-refractivity contribution is 0.601. The molecule has 3 aromatic rings. The van der Waals surface area contributed by atoms with Crippen molar-refractivity contribution in [2.45, 2.75) is 11.8 Å². The molecule has 0 atom stereocenters. The molecular weight excluding hydrogens is 416 g/mol. The molecular formula is C12H8BrClN2O2S3. The number of aryl methyl sites for hydroxylation is 1. The van der Waals surface area contributed by atoms with E-state index in [0.717, 1.165) is 8.49 Å². The van der Waals surface area contributed by atoms with Crippen LogP contribution in [0.15, 0.2) is 32.4 Å². The third kappa shape index (κ3) is 2.83. The van der Waals surface area contributed by atoms with Gasteiger partial charge in [0.25, 0.3) is 10.0 Å². The lowest BCUT2D eigenvalue weighted by Gasteiger charge is -2.10. The van der Waals surface area contributed by atoms with Crippen LogP contribution in [-0.2, 0) is 10.0 Å². The fourth-order valence-electron chi connectivity index (χ4n) is 1.89. The molecule has 1 N–H and O–H groups in total. The number of aromatic nitrogens is 1. The Kier molecular flexibility index (Phi) is 4.00. The third-order valence-corrected chi connectivity index (χ3v) is 7.09. The zero-order chi connectivity index (χ0) is 15.2. The van der Waals surface area contributed by atoms with E-state index < -0.39 is 10.0 Å². The molecule has 0 amide bonds. The molecule has 4 nitrogen and oxygen atoms in total. The minimum absolute atomic E-state index is 0.239. The first-order chi connectivity index (χ1) is 9.88. The summed E-state index contributed by atoms with van der Waals surface area (Å²) in [6.07, 6.45) is 0. The highest BCUT2D eigenvalue weighted by Gasteiger charge is 2.22. The number of nitrogens with one attached hydrogen (secondary N) is 1. The minimum atomic E-state index is -3.70. The summed E-state index contributed by atoms with van der Waals surface area (Å²) in [5, 5.41) is 0.323. The average Bonchev–Trinajstić information content (AvgIpc) is 2.99. The van der Waals surface area contributed by atoms with Gasteiger partial charge in [0.1, 0.15) is 10.4 Å². The zero-order valence-electron chi connectivity index (χ0n) is 10.6. The molecule has 0 saturated heterocycles. The fourth-order valence-corrected chi connectivity index (χ4v) is 6.33. The number of rotatable bonds is 3. The molecule has 2 heterocycles. The van der Waals surface area contributed by atoms with Crippen LogP contribution in [0.4, 0.5) is 5.69 Å². The molecule has 21 heavy (non-hydrogen) atoms. The van der Waals surface area contributed by atoms with Crippen LogP contribution < -0.4 is 4.72 Å². The Labute approximate surface area is 143 Å². The molecule has 0 radical (unpaired) electrons. The molecule has 0 fully saturated rings. The van der Waals surface area contributed by atoms with Gasteiger partial charge in [0, 0.05) is 4.88 Å². The molecule has 0 saturated carbocycles. The van der Waals surface area contributed by atoms with Gasteiger partial charge >= 0.3 is 0 Å². The number of hydrogen-bond acceptors (Lipinski definition) is 5.